The third kappa shape index (κ3) is 3.29. The summed E-state index contributed by atoms with van der Waals surface area (Å²) in [6.07, 6.45) is -12.0. The van der Waals surface area contributed by atoms with Crippen LogP contribution in [-0.4, -0.2) is 30.0 Å². The Kier molecular flexibility index (Phi) is 4.72. The van der Waals surface area contributed by atoms with Crippen molar-refractivity contribution >= 4 is 5.69 Å². The van der Waals surface area contributed by atoms with Crippen LogP contribution < -0.4 is 4.90 Å². The summed E-state index contributed by atoms with van der Waals surface area (Å²) in [6.45, 7) is 1.22. The van der Waals surface area contributed by atoms with E-state index in [4.69, 9.17) is 5.26 Å². The molecule has 3 nitrogen and oxygen atoms in total. The predicted molar refractivity (Wildman–Crippen MR) is 73.3 cm³/mol. The van der Waals surface area contributed by atoms with Crippen molar-refractivity contribution in [1.82, 2.24) is 0 Å². The van der Waals surface area contributed by atoms with Gasteiger partial charge in [0.25, 0.3) is 0 Å². The molecule has 1 aliphatic rings. The number of hydrogen-bond donors (Lipinski definition) is 1. The van der Waals surface area contributed by atoms with Gasteiger partial charge in [-0.05, 0) is 37.5 Å². The summed E-state index contributed by atoms with van der Waals surface area (Å²) in [7, 11) is 0. The van der Waals surface area contributed by atoms with E-state index in [1.807, 2.05) is 0 Å². The van der Waals surface area contributed by atoms with Crippen LogP contribution in [0.2, 0.25) is 0 Å². The lowest BCUT2D eigenvalue weighted by molar-refractivity contribution is -0.209. The van der Waals surface area contributed by atoms with Gasteiger partial charge in [-0.1, -0.05) is 0 Å². The molecule has 0 spiro atoms. The first-order valence-corrected chi connectivity index (χ1v) is 7.10. The number of aliphatic hydroxyl groups excluding tert-OH is 1. The quantitative estimate of drug-likeness (QED) is 0.824. The summed E-state index contributed by atoms with van der Waals surface area (Å²) in [5.74, 6) is 0. The Morgan fingerprint density at radius 1 is 1.25 bits per heavy atom. The van der Waals surface area contributed by atoms with Crippen LogP contribution in [0, 0.1) is 18.3 Å². The van der Waals surface area contributed by atoms with Gasteiger partial charge in [0.1, 0.15) is 0 Å². The lowest BCUT2D eigenvalue weighted by Gasteiger charge is -2.33. The second-order valence-corrected chi connectivity index (χ2v) is 5.63. The molecule has 9 heteroatoms. The Morgan fingerprint density at radius 3 is 2.38 bits per heavy atom. The molecule has 1 fully saturated rings. The number of halogens is 6. The van der Waals surface area contributed by atoms with Gasteiger partial charge in [0.2, 0.25) is 0 Å². The van der Waals surface area contributed by atoms with Crippen molar-refractivity contribution < 1.29 is 31.4 Å². The van der Waals surface area contributed by atoms with Crippen molar-refractivity contribution in [1.29, 1.82) is 5.26 Å². The number of benzene rings is 1. The van der Waals surface area contributed by atoms with Gasteiger partial charge in [-0.2, -0.15) is 31.6 Å². The molecule has 0 aromatic heterocycles. The first kappa shape index (κ1) is 18.4. The summed E-state index contributed by atoms with van der Waals surface area (Å²) < 4.78 is 78.0. The topological polar surface area (TPSA) is 47.3 Å². The fourth-order valence-corrected chi connectivity index (χ4v) is 3.11. The highest BCUT2D eigenvalue weighted by Crippen LogP contribution is 2.41. The lowest BCUT2D eigenvalue weighted by atomic mass is 9.98. The van der Waals surface area contributed by atoms with E-state index in [1.165, 1.54) is 12.1 Å². The summed E-state index contributed by atoms with van der Waals surface area (Å²) in [4.78, 5) is 1.14. The van der Waals surface area contributed by atoms with Crippen molar-refractivity contribution in [2.45, 2.75) is 44.3 Å². The van der Waals surface area contributed by atoms with Crippen LogP contribution >= 0.6 is 0 Å². The zero-order chi connectivity index (χ0) is 18.3. The number of nitrogens with zero attached hydrogens (tertiary/aromatic N) is 2. The largest absolute Gasteiger partial charge is 0.418 e. The van der Waals surface area contributed by atoms with E-state index < -0.39 is 35.6 Å². The minimum Gasteiger partial charge on any atom is -0.382 e. The van der Waals surface area contributed by atoms with E-state index in [0.29, 0.717) is 6.42 Å². The Hall–Kier alpha value is -1.95. The molecular weight excluding hydrogens is 338 g/mol. The summed E-state index contributed by atoms with van der Waals surface area (Å²) >= 11 is 0. The third-order valence-electron chi connectivity index (χ3n) is 4.15. The first-order valence-electron chi connectivity index (χ1n) is 7.10. The number of alkyl halides is 6. The van der Waals surface area contributed by atoms with Crippen molar-refractivity contribution in [3.63, 3.8) is 0 Å². The van der Waals surface area contributed by atoms with Crippen molar-refractivity contribution in [2.24, 2.45) is 0 Å². The number of aliphatic hydroxyl groups is 1. The molecule has 1 aliphatic heterocycles. The van der Waals surface area contributed by atoms with Crippen LogP contribution in [0.1, 0.15) is 29.5 Å². The molecule has 132 valence electrons. The van der Waals surface area contributed by atoms with Gasteiger partial charge in [0.05, 0.1) is 23.2 Å². The number of anilines is 1. The van der Waals surface area contributed by atoms with Gasteiger partial charge < -0.3 is 10.0 Å². The molecule has 2 rings (SSSR count). The standard InChI is InChI=1S/C15H14F6N2O/c1-8-10(5-4-9(7-22)12(8)14(16,17)18)23-6-2-3-11(23)13(24)15(19,20)21/h4-5,11,13,24H,2-3,6H2,1H3/t11?,13-/m0/s1. The van der Waals surface area contributed by atoms with E-state index in [0.717, 1.165) is 17.9 Å². The molecule has 1 saturated heterocycles. The van der Waals surface area contributed by atoms with E-state index in [9.17, 15) is 31.4 Å². The highest BCUT2D eigenvalue weighted by atomic mass is 19.4. The SMILES string of the molecule is Cc1c(N2CCCC2[C@H](O)C(F)(F)F)ccc(C#N)c1C(F)(F)F. The predicted octanol–water partition coefficient (Wildman–Crippen LogP) is 3.78. The molecule has 0 radical (unpaired) electrons. The summed E-state index contributed by atoms with van der Waals surface area (Å²) in [6, 6.07) is 2.25. The summed E-state index contributed by atoms with van der Waals surface area (Å²) in [5, 5.41) is 18.4. The lowest BCUT2D eigenvalue weighted by Crippen LogP contribution is -2.47. The van der Waals surface area contributed by atoms with Gasteiger partial charge in [0, 0.05) is 12.2 Å². The van der Waals surface area contributed by atoms with Crippen molar-refractivity contribution in [3.05, 3.63) is 28.8 Å². The zero-order valence-corrected chi connectivity index (χ0v) is 12.5. The Balaban J connectivity index is 2.51. The second kappa shape index (κ2) is 6.16. The monoisotopic (exact) mass is 352 g/mol. The minimum absolute atomic E-state index is 0.0153. The average molecular weight is 352 g/mol. The Morgan fingerprint density at radius 2 is 1.88 bits per heavy atom. The number of nitriles is 1. The fraction of sp³-hybridized carbons (Fsp3) is 0.533. The molecule has 1 aromatic rings. The maximum atomic E-state index is 13.2. The van der Waals surface area contributed by atoms with E-state index in [-0.39, 0.29) is 24.2 Å². The van der Waals surface area contributed by atoms with Crippen LogP contribution in [0.3, 0.4) is 0 Å². The van der Waals surface area contributed by atoms with Gasteiger partial charge in [-0.3, -0.25) is 0 Å². The third-order valence-corrected chi connectivity index (χ3v) is 4.15. The molecular formula is C15H14F6N2O. The fourth-order valence-electron chi connectivity index (χ4n) is 3.11. The molecule has 24 heavy (non-hydrogen) atoms. The Labute approximate surface area is 134 Å². The van der Waals surface area contributed by atoms with Crippen LogP contribution in [0.25, 0.3) is 0 Å². The molecule has 1 N–H and O–H groups in total. The van der Waals surface area contributed by atoms with Crippen molar-refractivity contribution in [3.8, 4) is 6.07 Å². The maximum Gasteiger partial charge on any atom is 0.418 e. The average Bonchev–Trinajstić information content (AvgIpc) is 2.92. The van der Waals surface area contributed by atoms with E-state index in [1.54, 1.807) is 0 Å². The minimum atomic E-state index is -4.86. The second-order valence-electron chi connectivity index (χ2n) is 5.63. The van der Waals surface area contributed by atoms with Crippen LogP contribution in [-0.2, 0) is 6.18 Å². The number of rotatable bonds is 2. The smallest absolute Gasteiger partial charge is 0.382 e. The Bertz CT molecular complexity index is 662. The van der Waals surface area contributed by atoms with E-state index in [2.05, 4.69) is 0 Å². The van der Waals surface area contributed by atoms with Gasteiger partial charge in [-0.15, -0.1) is 0 Å². The molecule has 1 heterocycles. The first-order chi connectivity index (χ1) is 11.0. The van der Waals surface area contributed by atoms with Gasteiger partial charge in [-0.25, -0.2) is 0 Å². The van der Waals surface area contributed by atoms with E-state index >= 15 is 0 Å². The van der Waals surface area contributed by atoms with Crippen LogP contribution in [0.15, 0.2) is 12.1 Å². The summed E-state index contributed by atoms with van der Waals surface area (Å²) in [5.41, 5.74) is -2.11. The molecule has 0 bridgehead atoms. The highest BCUT2D eigenvalue weighted by Gasteiger charge is 2.48. The normalized spacial score (nSPS) is 20.1. The molecule has 0 aliphatic carbocycles. The molecule has 1 unspecified atom stereocenters. The molecule has 1 aromatic carbocycles. The van der Waals surface area contributed by atoms with Gasteiger partial charge in [0.15, 0.2) is 6.10 Å². The van der Waals surface area contributed by atoms with Gasteiger partial charge >= 0.3 is 12.4 Å². The molecule has 2 atom stereocenters. The maximum absolute atomic E-state index is 13.2. The highest BCUT2D eigenvalue weighted by molar-refractivity contribution is 5.62. The zero-order valence-electron chi connectivity index (χ0n) is 12.5. The van der Waals surface area contributed by atoms with Crippen LogP contribution in [0.5, 0.6) is 0 Å². The van der Waals surface area contributed by atoms with Crippen LogP contribution in [0.4, 0.5) is 32.0 Å². The molecule has 0 amide bonds. The molecule has 0 saturated carbocycles. The number of hydrogen-bond acceptors (Lipinski definition) is 3. The van der Waals surface area contributed by atoms with Crippen molar-refractivity contribution in [2.75, 3.05) is 11.4 Å².